The van der Waals surface area contributed by atoms with E-state index in [0.717, 1.165) is 30.6 Å². The summed E-state index contributed by atoms with van der Waals surface area (Å²) in [6.07, 6.45) is 5.22. The van der Waals surface area contributed by atoms with Gasteiger partial charge in [0.05, 0.1) is 11.4 Å². The Bertz CT molecular complexity index is 675. The van der Waals surface area contributed by atoms with Crippen LogP contribution in [-0.4, -0.2) is 16.1 Å². The third-order valence-electron chi connectivity index (χ3n) is 4.10. The Morgan fingerprint density at radius 1 is 1.38 bits per heavy atom. The molecule has 1 aliphatic carbocycles. The number of hydrogen-bond donors (Lipinski definition) is 3. The summed E-state index contributed by atoms with van der Waals surface area (Å²) < 4.78 is 0. The molecule has 1 aromatic carbocycles. The van der Waals surface area contributed by atoms with Crippen molar-refractivity contribution in [2.75, 3.05) is 11.1 Å². The summed E-state index contributed by atoms with van der Waals surface area (Å²) in [5.74, 6) is -0.248. The molecule has 1 amide bonds. The smallest absolute Gasteiger partial charge is 0.278 e. The topological polar surface area (TPSA) is 83.8 Å². The lowest BCUT2D eigenvalue weighted by atomic mass is 9.90. The number of nitrogen functional groups attached to an aromatic ring is 1. The molecule has 0 fully saturated rings. The van der Waals surface area contributed by atoms with Gasteiger partial charge >= 0.3 is 0 Å². The second kappa shape index (κ2) is 5.60. The average Bonchev–Trinajstić information content (AvgIpc) is 2.88. The van der Waals surface area contributed by atoms with Gasteiger partial charge in [-0.3, -0.25) is 9.89 Å². The number of fused-ring (bicyclic) bond motifs is 1. The van der Waals surface area contributed by atoms with E-state index >= 15 is 0 Å². The van der Waals surface area contributed by atoms with Gasteiger partial charge in [-0.25, -0.2) is 0 Å². The molecule has 110 valence electrons. The van der Waals surface area contributed by atoms with E-state index in [1.54, 1.807) is 0 Å². The molecule has 0 spiro atoms. The molecule has 4 N–H and O–H groups in total. The van der Waals surface area contributed by atoms with E-state index in [2.05, 4.69) is 21.6 Å². The van der Waals surface area contributed by atoms with Crippen molar-refractivity contribution in [1.29, 1.82) is 0 Å². The van der Waals surface area contributed by atoms with Gasteiger partial charge in [0.15, 0.2) is 5.69 Å². The van der Waals surface area contributed by atoms with Gasteiger partial charge in [0.1, 0.15) is 0 Å². The van der Waals surface area contributed by atoms with Crippen LogP contribution in [0.1, 0.15) is 47.1 Å². The van der Waals surface area contributed by atoms with Crippen LogP contribution in [0.15, 0.2) is 18.2 Å². The van der Waals surface area contributed by atoms with Crippen molar-refractivity contribution < 1.29 is 4.79 Å². The minimum absolute atomic E-state index is 0.248. The fraction of sp³-hybridized carbons (Fsp3) is 0.375. The molecule has 0 bridgehead atoms. The monoisotopic (exact) mass is 284 g/mol. The highest BCUT2D eigenvalue weighted by Gasteiger charge is 2.19. The number of aryl methyl sites for hydroxylation is 2. The first-order chi connectivity index (χ1) is 10.2. The molecule has 0 saturated heterocycles. The number of nitrogens with two attached hydrogens (primary N) is 1. The maximum absolute atomic E-state index is 12.4. The number of rotatable bonds is 3. The lowest BCUT2D eigenvalue weighted by Crippen LogP contribution is -2.17. The van der Waals surface area contributed by atoms with Gasteiger partial charge in [0.2, 0.25) is 0 Å². The van der Waals surface area contributed by atoms with Gasteiger partial charge in [-0.05, 0) is 49.3 Å². The van der Waals surface area contributed by atoms with Crippen molar-refractivity contribution in [3.05, 3.63) is 40.7 Å². The molecular weight excluding hydrogens is 264 g/mol. The second-order valence-corrected chi connectivity index (χ2v) is 5.42. The fourth-order valence-electron chi connectivity index (χ4n) is 2.91. The van der Waals surface area contributed by atoms with Crippen molar-refractivity contribution in [1.82, 2.24) is 10.2 Å². The van der Waals surface area contributed by atoms with Crippen LogP contribution in [0.5, 0.6) is 0 Å². The molecule has 0 radical (unpaired) electrons. The Labute approximate surface area is 123 Å². The van der Waals surface area contributed by atoms with E-state index in [1.807, 2.05) is 19.1 Å². The first-order valence-corrected chi connectivity index (χ1v) is 7.45. The van der Waals surface area contributed by atoms with Gasteiger partial charge in [0.25, 0.3) is 5.91 Å². The zero-order valence-electron chi connectivity index (χ0n) is 12.2. The number of aromatic amines is 1. The Hall–Kier alpha value is -2.30. The van der Waals surface area contributed by atoms with Crippen molar-refractivity contribution >= 4 is 17.3 Å². The zero-order chi connectivity index (χ0) is 14.8. The first-order valence-electron chi connectivity index (χ1n) is 7.45. The third kappa shape index (κ3) is 2.51. The lowest BCUT2D eigenvalue weighted by Gasteiger charge is -2.19. The molecule has 1 aromatic heterocycles. The molecule has 0 saturated carbocycles. The van der Waals surface area contributed by atoms with Gasteiger partial charge in [-0.1, -0.05) is 19.1 Å². The number of amides is 1. The first kappa shape index (κ1) is 13.7. The van der Waals surface area contributed by atoms with Gasteiger partial charge in [0, 0.05) is 5.69 Å². The van der Waals surface area contributed by atoms with Gasteiger partial charge in [-0.2, -0.15) is 5.10 Å². The normalized spacial score (nSPS) is 13.8. The van der Waals surface area contributed by atoms with Crippen LogP contribution >= 0.6 is 0 Å². The number of anilines is 2. The maximum Gasteiger partial charge on any atom is 0.278 e. The van der Waals surface area contributed by atoms with E-state index < -0.39 is 0 Å². The third-order valence-corrected chi connectivity index (χ3v) is 4.10. The largest absolute Gasteiger partial charge is 0.395 e. The standard InChI is InChI=1S/C16H20N4O/c1-2-12-14(17)15(20-19-12)16(21)18-13-9-5-7-10-6-3-4-8-11(10)13/h5,7,9H,2-4,6,8,17H2,1H3,(H,18,21)(H,19,20). The van der Waals surface area contributed by atoms with E-state index in [-0.39, 0.29) is 11.6 Å². The van der Waals surface area contributed by atoms with Crippen molar-refractivity contribution in [3.8, 4) is 0 Å². The molecule has 5 nitrogen and oxygen atoms in total. The number of H-pyrrole nitrogens is 1. The Kier molecular flexibility index (Phi) is 3.64. The van der Waals surface area contributed by atoms with Crippen LogP contribution in [0.3, 0.4) is 0 Å². The Morgan fingerprint density at radius 3 is 2.95 bits per heavy atom. The summed E-state index contributed by atoms with van der Waals surface area (Å²) in [6, 6.07) is 6.08. The summed E-state index contributed by atoms with van der Waals surface area (Å²) in [5, 5.41) is 9.81. The number of benzene rings is 1. The van der Waals surface area contributed by atoms with E-state index in [4.69, 9.17) is 5.73 Å². The van der Waals surface area contributed by atoms with E-state index in [9.17, 15) is 4.79 Å². The second-order valence-electron chi connectivity index (χ2n) is 5.42. The molecule has 0 aliphatic heterocycles. The molecule has 0 unspecified atom stereocenters. The molecule has 1 aliphatic rings. The molecular formula is C16H20N4O. The highest BCUT2D eigenvalue weighted by molar-refractivity contribution is 6.06. The SMILES string of the molecule is CCc1[nH]nc(C(=O)Nc2cccc3c2CCCC3)c1N. The summed E-state index contributed by atoms with van der Waals surface area (Å²) in [4.78, 5) is 12.4. The number of nitrogens with zero attached hydrogens (tertiary/aromatic N) is 1. The molecule has 5 heteroatoms. The van der Waals surface area contributed by atoms with Crippen LogP contribution in [0.25, 0.3) is 0 Å². The Balaban J connectivity index is 1.86. The van der Waals surface area contributed by atoms with E-state index in [1.165, 1.54) is 24.0 Å². The number of nitrogens with one attached hydrogen (secondary N) is 2. The highest BCUT2D eigenvalue weighted by Crippen LogP contribution is 2.28. The summed E-state index contributed by atoms with van der Waals surface area (Å²) in [6.45, 7) is 1.97. The highest BCUT2D eigenvalue weighted by atomic mass is 16.2. The molecule has 21 heavy (non-hydrogen) atoms. The van der Waals surface area contributed by atoms with Gasteiger partial charge in [-0.15, -0.1) is 0 Å². The van der Waals surface area contributed by atoms with Crippen molar-refractivity contribution in [2.24, 2.45) is 0 Å². The average molecular weight is 284 g/mol. The number of hydrogen-bond acceptors (Lipinski definition) is 3. The fourth-order valence-corrected chi connectivity index (χ4v) is 2.91. The maximum atomic E-state index is 12.4. The molecule has 0 atom stereocenters. The molecule has 3 rings (SSSR count). The van der Waals surface area contributed by atoms with Crippen LogP contribution in [0.4, 0.5) is 11.4 Å². The number of carbonyl (C=O) groups is 1. The predicted molar refractivity (Wildman–Crippen MR) is 83.4 cm³/mol. The quantitative estimate of drug-likeness (QED) is 0.810. The molecule has 1 heterocycles. The summed E-state index contributed by atoms with van der Waals surface area (Å²) >= 11 is 0. The summed E-state index contributed by atoms with van der Waals surface area (Å²) in [7, 11) is 0. The van der Waals surface area contributed by atoms with Crippen molar-refractivity contribution in [3.63, 3.8) is 0 Å². The Morgan fingerprint density at radius 2 is 2.19 bits per heavy atom. The minimum Gasteiger partial charge on any atom is -0.395 e. The van der Waals surface area contributed by atoms with Crippen molar-refractivity contribution in [2.45, 2.75) is 39.0 Å². The van der Waals surface area contributed by atoms with E-state index in [0.29, 0.717) is 5.69 Å². The predicted octanol–water partition coefficient (Wildman–Crippen LogP) is 2.69. The minimum atomic E-state index is -0.248. The van der Waals surface area contributed by atoms with Crippen LogP contribution < -0.4 is 11.1 Å². The van der Waals surface area contributed by atoms with Crippen LogP contribution in [0, 0.1) is 0 Å². The lowest BCUT2D eigenvalue weighted by molar-refractivity contribution is 0.102. The molecule has 2 aromatic rings. The van der Waals surface area contributed by atoms with Gasteiger partial charge < -0.3 is 11.1 Å². The summed E-state index contributed by atoms with van der Waals surface area (Å²) in [5.41, 5.74) is 10.9. The number of aromatic nitrogens is 2. The number of carbonyl (C=O) groups excluding carboxylic acids is 1. The van der Waals surface area contributed by atoms with Crippen LogP contribution in [0.2, 0.25) is 0 Å². The zero-order valence-corrected chi connectivity index (χ0v) is 12.2. The van der Waals surface area contributed by atoms with Crippen LogP contribution in [-0.2, 0) is 19.3 Å².